The topological polar surface area (TPSA) is 37.3 Å². The van der Waals surface area contributed by atoms with Gasteiger partial charge in [0.15, 0.2) is 0 Å². The van der Waals surface area contributed by atoms with E-state index < -0.39 is 0 Å². The van der Waals surface area contributed by atoms with Crippen LogP contribution in [0.25, 0.3) is 0 Å². The molecular weight excluding hydrogens is 238 g/mol. The molecule has 106 valence electrons. The molecule has 1 aromatic heterocycles. The van der Waals surface area contributed by atoms with Crippen LogP contribution >= 0.6 is 0 Å². The number of amides is 1. The lowest BCUT2D eigenvalue weighted by Crippen LogP contribution is -2.37. The molecule has 1 saturated heterocycles. The largest absolute Gasteiger partial charge is 0.345 e. The molecule has 0 radical (unpaired) electrons. The SMILES string of the molecule is CC(C)NCc1ccn(CC(=O)N2CCCCC2)c1. The minimum absolute atomic E-state index is 0.249. The first-order valence-corrected chi connectivity index (χ1v) is 7.31. The number of nitrogens with zero attached hydrogens (tertiary/aromatic N) is 2. The highest BCUT2D eigenvalue weighted by atomic mass is 16.2. The monoisotopic (exact) mass is 263 g/mol. The first-order valence-electron chi connectivity index (χ1n) is 7.31. The molecule has 1 amide bonds. The maximum absolute atomic E-state index is 12.1. The van der Waals surface area contributed by atoms with Crippen molar-refractivity contribution in [3.8, 4) is 0 Å². The Labute approximate surface area is 115 Å². The highest BCUT2D eigenvalue weighted by Gasteiger charge is 2.16. The zero-order valence-electron chi connectivity index (χ0n) is 12.1. The maximum atomic E-state index is 12.1. The summed E-state index contributed by atoms with van der Waals surface area (Å²) in [5.41, 5.74) is 1.24. The summed E-state index contributed by atoms with van der Waals surface area (Å²) in [5.74, 6) is 0.249. The first kappa shape index (κ1) is 14.1. The van der Waals surface area contributed by atoms with Crippen molar-refractivity contribution in [1.29, 1.82) is 0 Å². The summed E-state index contributed by atoms with van der Waals surface area (Å²) in [5, 5.41) is 3.38. The van der Waals surface area contributed by atoms with Crippen molar-refractivity contribution in [2.45, 2.75) is 52.2 Å². The van der Waals surface area contributed by atoms with Gasteiger partial charge in [-0.05, 0) is 30.9 Å². The Morgan fingerprint density at radius 1 is 1.32 bits per heavy atom. The van der Waals surface area contributed by atoms with Crippen LogP contribution in [0.3, 0.4) is 0 Å². The van der Waals surface area contributed by atoms with Gasteiger partial charge in [-0.3, -0.25) is 4.79 Å². The predicted octanol–water partition coefficient (Wildman–Crippen LogP) is 2.00. The van der Waals surface area contributed by atoms with Crippen molar-refractivity contribution in [1.82, 2.24) is 14.8 Å². The van der Waals surface area contributed by atoms with Crippen molar-refractivity contribution in [2.75, 3.05) is 13.1 Å². The highest BCUT2D eigenvalue weighted by Crippen LogP contribution is 2.10. The minimum atomic E-state index is 0.249. The molecule has 4 heteroatoms. The third-order valence-electron chi connectivity index (χ3n) is 3.55. The molecule has 0 unspecified atom stereocenters. The number of piperidine rings is 1. The normalized spacial score (nSPS) is 16.1. The third kappa shape index (κ3) is 4.39. The van der Waals surface area contributed by atoms with E-state index >= 15 is 0 Å². The van der Waals surface area contributed by atoms with Gasteiger partial charge in [0, 0.05) is 38.1 Å². The lowest BCUT2D eigenvalue weighted by Gasteiger charge is -2.26. The number of hydrogen-bond acceptors (Lipinski definition) is 2. The summed E-state index contributed by atoms with van der Waals surface area (Å²) in [6.45, 7) is 7.47. The number of rotatable bonds is 5. The lowest BCUT2D eigenvalue weighted by molar-refractivity contribution is -0.132. The van der Waals surface area contributed by atoms with E-state index in [1.807, 2.05) is 15.7 Å². The number of aromatic nitrogens is 1. The second-order valence-corrected chi connectivity index (χ2v) is 5.67. The van der Waals surface area contributed by atoms with Gasteiger partial charge < -0.3 is 14.8 Å². The van der Waals surface area contributed by atoms with Crippen LogP contribution in [0.5, 0.6) is 0 Å². The molecule has 0 atom stereocenters. The fourth-order valence-electron chi connectivity index (χ4n) is 2.41. The molecule has 0 saturated carbocycles. The van der Waals surface area contributed by atoms with Crippen LogP contribution in [-0.2, 0) is 17.9 Å². The minimum Gasteiger partial charge on any atom is -0.345 e. The number of hydrogen-bond donors (Lipinski definition) is 1. The first-order chi connectivity index (χ1) is 9.15. The van der Waals surface area contributed by atoms with E-state index in [0.29, 0.717) is 12.6 Å². The quantitative estimate of drug-likeness (QED) is 0.882. The fraction of sp³-hybridized carbons (Fsp3) is 0.667. The zero-order chi connectivity index (χ0) is 13.7. The Morgan fingerprint density at radius 2 is 2.05 bits per heavy atom. The van der Waals surface area contributed by atoms with Crippen LogP contribution in [0.2, 0.25) is 0 Å². The van der Waals surface area contributed by atoms with Crippen LogP contribution in [0.15, 0.2) is 18.5 Å². The number of nitrogens with one attached hydrogen (secondary N) is 1. The van der Waals surface area contributed by atoms with Gasteiger partial charge in [0.25, 0.3) is 0 Å². The Morgan fingerprint density at radius 3 is 2.74 bits per heavy atom. The van der Waals surface area contributed by atoms with Crippen molar-refractivity contribution >= 4 is 5.91 Å². The summed E-state index contributed by atoms with van der Waals surface area (Å²) in [7, 11) is 0. The lowest BCUT2D eigenvalue weighted by atomic mass is 10.1. The van der Waals surface area contributed by atoms with Crippen LogP contribution in [0.4, 0.5) is 0 Å². The molecular formula is C15H25N3O. The van der Waals surface area contributed by atoms with Crippen molar-refractivity contribution in [3.63, 3.8) is 0 Å². The summed E-state index contributed by atoms with van der Waals surface area (Å²) < 4.78 is 1.99. The van der Waals surface area contributed by atoms with Crippen molar-refractivity contribution in [2.24, 2.45) is 0 Å². The van der Waals surface area contributed by atoms with E-state index in [2.05, 4.69) is 31.4 Å². The number of carbonyl (C=O) groups excluding carboxylic acids is 1. The molecule has 0 bridgehead atoms. The molecule has 2 rings (SSSR count). The summed E-state index contributed by atoms with van der Waals surface area (Å²) in [6.07, 6.45) is 7.64. The van der Waals surface area contributed by atoms with Gasteiger partial charge in [-0.25, -0.2) is 0 Å². The van der Waals surface area contributed by atoms with Crippen LogP contribution in [-0.4, -0.2) is 34.5 Å². The van der Waals surface area contributed by atoms with E-state index in [1.54, 1.807) is 0 Å². The van der Waals surface area contributed by atoms with Gasteiger partial charge in [0.05, 0.1) is 0 Å². The molecule has 2 heterocycles. The maximum Gasteiger partial charge on any atom is 0.242 e. The summed E-state index contributed by atoms with van der Waals surface area (Å²) >= 11 is 0. The molecule has 4 nitrogen and oxygen atoms in total. The van der Waals surface area contributed by atoms with Gasteiger partial charge in [0.1, 0.15) is 6.54 Å². The van der Waals surface area contributed by atoms with E-state index in [1.165, 1.54) is 12.0 Å². The van der Waals surface area contributed by atoms with Crippen molar-refractivity contribution < 1.29 is 4.79 Å². The van der Waals surface area contributed by atoms with Gasteiger partial charge in [0.2, 0.25) is 5.91 Å². The Bertz CT molecular complexity index is 405. The van der Waals surface area contributed by atoms with Gasteiger partial charge in [-0.1, -0.05) is 13.8 Å². The number of carbonyl (C=O) groups is 1. The molecule has 1 fully saturated rings. The third-order valence-corrected chi connectivity index (χ3v) is 3.55. The average molecular weight is 263 g/mol. The van der Waals surface area contributed by atoms with E-state index in [9.17, 15) is 4.79 Å². The summed E-state index contributed by atoms with van der Waals surface area (Å²) in [4.78, 5) is 14.1. The van der Waals surface area contributed by atoms with Crippen LogP contribution < -0.4 is 5.32 Å². The molecule has 0 aliphatic carbocycles. The molecule has 1 aromatic rings. The van der Waals surface area contributed by atoms with Gasteiger partial charge >= 0.3 is 0 Å². The van der Waals surface area contributed by atoms with E-state index in [4.69, 9.17) is 0 Å². The average Bonchev–Trinajstić information content (AvgIpc) is 2.85. The Kier molecular flexibility index (Phi) is 5.02. The van der Waals surface area contributed by atoms with Crippen molar-refractivity contribution in [3.05, 3.63) is 24.0 Å². The Balaban J connectivity index is 1.83. The molecule has 1 aliphatic heterocycles. The van der Waals surface area contributed by atoms with Gasteiger partial charge in [-0.15, -0.1) is 0 Å². The standard InChI is InChI=1S/C15H25N3O/c1-13(2)16-10-14-6-9-17(11-14)12-15(19)18-7-4-3-5-8-18/h6,9,11,13,16H,3-5,7-8,10,12H2,1-2H3. The summed E-state index contributed by atoms with van der Waals surface area (Å²) in [6, 6.07) is 2.57. The molecule has 0 aromatic carbocycles. The van der Waals surface area contributed by atoms with Crippen LogP contribution in [0.1, 0.15) is 38.7 Å². The zero-order valence-corrected chi connectivity index (χ0v) is 12.1. The molecule has 1 aliphatic rings. The Hall–Kier alpha value is -1.29. The van der Waals surface area contributed by atoms with Crippen LogP contribution in [0, 0.1) is 0 Å². The molecule has 0 spiro atoms. The van der Waals surface area contributed by atoms with Gasteiger partial charge in [-0.2, -0.15) is 0 Å². The van der Waals surface area contributed by atoms with E-state index in [0.717, 1.165) is 32.5 Å². The molecule has 1 N–H and O–H groups in total. The number of likely N-dealkylation sites (tertiary alicyclic amines) is 1. The van der Waals surface area contributed by atoms with E-state index in [-0.39, 0.29) is 5.91 Å². The highest BCUT2D eigenvalue weighted by molar-refractivity contribution is 5.76. The molecule has 19 heavy (non-hydrogen) atoms. The second kappa shape index (κ2) is 6.75. The second-order valence-electron chi connectivity index (χ2n) is 5.67. The smallest absolute Gasteiger partial charge is 0.242 e. The fourth-order valence-corrected chi connectivity index (χ4v) is 2.41. The predicted molar refractivity (Wildman–Crippen MR) is 76.8 cm³/mol.